The van der Waals surface area contributed by atoms with Crippen molar-refractivity contribution in [3.05, 3.63) is 35.9 Å². The lowest BCUT2D eigenvalue weighted by molar-refractivity contribution is -0.263. The molecule has 118 valence electrons. The maximum Gasteiger partial charge on any atom is 0.171 e. The van der Waals surface area contributed by atoms with E-state index in [2.05, 4.69) is 29.2 Å². The number of nitrogens with zero attached hydrogens (tertiary/aromatic N) is 1. The van der Waals surface area contributed by atoms with Crippen LogP contribution in [0.4, 0.5) is 0 Å². The zero-order valence-corrected chi connectivity index (χ0v) is 13.1. The molecule has 1 heterocycles. The largest absolute Gasteiger partial charge is 0.395 e. The number of benzene rings is 1. The van der Waals surface area contributed by atoms with Crippen LogP contribution in [0.15, 0.2) is 30.3 Å². The van der Waals surface area contributed by atoms with Crippen LogP contribution in [0.2, 0.25) is 0 Å². The highest BCUT2D eigenvalue weighted by Crippen LogP contribution is 2.32. The standard InChI is InChI=1S/C17H27NO3/c1-3-20-17(21-4-2)10-11-18(16(12-17)14-19)13-15-8-6-5-7-9-15/h5-9,16,19H,3-4,10-14H2,1-2H3. The lowest BCUT2D eigenvalue weighted by Gasteiger charge is -2.45. The van der Waals surface area contributed by atoms with E-state index >= 15 is 0 Å². The average Bonchev–Trinajstić information content (AvgIpc) is 2.51. The minimum absolute atomic E-state index is 0.0806. The summed E-state index contributed by atoms with van der Waals surface area (Å²) in [6, 6.07) is 10.5. The molecule has 1 atom stereocenters. The minimum atomic E-state index is -0.524. The smallest absolute Gasteiger partial charge is 0.171 e. The van der Waals surface area contributed by atoms with Gasteiger partial charge in [0.15, 0.2) is 5.79 Å². The van der Waals surface area contributed by atoms with Gasteiger partial charge in [-0.2, -0.15) is 0 Å². The summed E-state index contributed by atoms with van der Waals surface area (Å²) in [6.45, 7) is 7.12. The van der Waals surface area contributed by atoms with E-state index in [9.17, 15) is 5.11 Å². The van der Waals surface area contributed by atoms with Crippen molar-refractivity contribution >= 4 is 0 Å². The molecule has 0 aliphatic carbocycles. The van der Waals surface area contributed by atoms with Crippen molar-refractivity contribution in [1.29, 1.82) is 0 Å². The van der Waals surface area contributed by atoms with Crippen LogP contribution in [0.1, 0.15) is 32.3 Å². The van der Waals surface area contributed by atoms with Crippen LogP contribution in [0.5, 0.6) is 0 Å². The van der Waals surface area contributed by atoms with Crippen molar-refractivity contribution in [1.82, 2.24) is 4.90 Å². The van der Waals surface area contributed by atoms with Crippen molar-refractivity contribution in [2.75, 3.05) is 26.4 Å². The molecule has 4 nitrogen and oxygen atoms in total. The summed E-state index contributed by atoms with van der Waals surface area (Å²) >= 11 is 0. The fourth-order valence-electron chi connectivity index (χ4n) is 3.12. The van der Waals surface area contributed by atoms with E-state index in [0.717, 1.165) is 25.9 Å². The van der Waals surface area contributed by atoms with Crippen molar-refractivity contribution in [3.8, 4) is 0 Å². The SMILES string of the molecule is CCOC1(OCC)CCN(Cc2ccccc2)C(CO)C1. The van der Waals surface area contributed by atoms with Crippen LogP contribution in [0, 0.1) is 0 Å². The minimum Gasteiger partial charge on any atom is -0.395 e. The first kappa shape index (κ1) is 16.4. The molecule has 0 amide bonds. The molecule has 0 saturated carbocycles. The van der Waals surface area contributed by atoms with Crippen LogP contribution in [-0.2, 0) is 16.0 Å². The van der Waals surface area contributed by atoms with Gasteiger partial charge in [-0.25, -0.2) is 0 Å². The van der Waals surface area contributed by atoms with E-state index in [1.807, 2.05) is 19.9 Å². The van der Waals surface area contributed by atoms with Gasteiger partial charge in [0.05, 0.1) is 6.61 Å². The number of likely N-dealkylation sites (tertiary alicyclic amines) is 1. The van der Waals surface area contributed by atoms with Crippen molar-refractivity contribution in [2.24, 2.45) is 0 Å². The second-order valence-corrected chi connectivity index (χ2v) is 5.52. The Balaban J connectivity index is 2.03. The third-order valence-corrected chi connectivity index (χ3v) is 4.10. The summed E-state index contributed by atoms with van der Waals surface area (Å²) in [5, 5.41) is 9.76. The Labute approximate surface area is 127 Å². The zero-order valence-electron chi connectivity index (χ0n) is 13.1. The van der Waals surface area contributed by atoms with Crippen LogP contribution >= 0.6 is 0 Å². The van der Waals surface area contributed by atoms with E-state index in [1.165, 1.54) is 5.56 Å². The third-order valence-electron chi connectivity index (χ3n) is 4.10. The van der Waals surface area contributed by atoms with Gasteiger partial charge in [0, 0.05) is 45.2 Å². The number of aliphatic hydroxyl groups excluding tert-OH is 1. The van der Waals surface area contributed by atoms with Crippen molar-refractivity contribution in [2.45, 2.75) is 45.1 Å². The van der Waals surface area contributed by atoms with Gasteiger partial charge in [0.1, 0.15) is 0 Å². The summed E-state index contributed by atoms with van der Waals surface area (Å²) in [4.78, 5) is 2.33. The summed E-state index contributed by atoms with van der Waals surface area (Å²) in [6.07, 6.45) is 1.57. The summed E-state index contributed by atoms with van der Waals surface area (Å²) in [5.74, 6) is -0.524. The van der Waals surface area contributed by atoms with Gasteiger partial charge < -0.3 is 14.6 Å². The highest BCUT2D eigenvalue weighted by molar-refractivity contribution is 5.14. The van der Waals surface area contributed by atoms with E-state index in [-0.39, 0.29) is 12.6 Å². The Morgan fingerprint density at radius 2 is 1.86 bits per heavy atom. The van der Waals surface area contributed by atoms with Gasteiger partial charge in [-0.1, -0.05) is 30.3 Å². The van der Waals surface area contributed by atoms with E-state index in [4.69, 9.17) is 9.47 Å². The molecule has 0 bridgehead atoms. The maximum absolute atomic E-state index is 9.76. The quantitative estimate of drug-likeness (QED) is 0.784. The van der Waals surface area contributed by atoms with Gasteiger partial charge in [-0.15, -0.1) is 0 Å². The number of ether oxygens (including phenoxy) is 2. The Hall–Kier alpha value is -0.940. The highest BCUT2D eigenvalue weighted by atomic mass is 16.7. The predicted molar refractivity (Wildman–Crippen MR) is 82.9 cm³/mol. The molecule has 2 rings (SSSR count). The monoisotopic (exact) mass is 293 g/mol. The molecule has 1 N–H and O–H groups in total. The predicted octanol–water partition coefficient (Wildman–Crippen LogP) is 2.41. The molecule has 1 aromatic carbocycles. The molecular weight excluding hydrogens is 266 g/mol. The van der Waals surface area contributed by atoms with Crippen molar-refractivity contribution < 1.29 is 14.6 Å². The molecule has 1 aliphatic rings. The number of hydrogen-bond donors (Lipinski definition) is 1. The molecule has 1 aliphatic heterocycles. The van der Waals surface area contributed by atoms with E-state index in [1.54, 1.807) is 0 Å². The van der Waals surface area contributed by atoms with Gasteiger partial charge in [0.25, 0.3) is 0 Å². The lowest BCUT2D eigenvalue weighted by Crippen LogP contribution is -2.54. The Morgan fingerprint density at radius 3 is 2.43 bits per heavy atom. The van der Waals surface area contributed by atoms with Gasteiger partial charge in [-0.05, 0) is 19.4 Å². The number of piperidine rings is 1. The van der Waals surface area contributed by atoms with Gasteiger partial charge >= 0.3 is 0 Å². The Kier molecular flexibility index (Phi) is 6.18. The summed E-state index contributed by atoms with van der Waals surface area (Å²) in [7, 11) is 0. The topological polar surface area (TPSA) is 41.9 Å². The average molecular weight is 293 g/mol. The van der Waals surface area contributed by atoms with Crippen LogP contribution in [0.25, 0.3) is 0 Å². The van der Waals surface area contributed by atoms with Crippen molar-refractivity contribution in [3.63, 3.8) is 0 Å². The fraction of sp³-hybridized carbons (Fsp3) is 0.647. The molecule has 1 aromatic rings. The van der Waals surface area contributed by atoms with Crippen LogP contribution in [-0.4, -0.2) is 48.2 Å². The number of aliphatic hydroxyl groups is 1. The third kappa shape index (κ3) is 4.27. The lowest BCUT2D eigenvalue weighted by atomic mass is 9.95. The van der Waals surface area contributed by atoms with E-state index < -0.39 is 5.79 Å². The first-order chi connectivity index (χ1) is 10.2. The molecule has 0 radical (unpaired) electrons. The highest BCUT2D eigenvalue weighted by Gasteiger charge is 2.41. The zero-order chi connectivity index (χ0) is 15.1. The number of hydrogen-bond acceptors (Lipinski definition) is 4. The van der Waals surface area contributed by atoms with Crippen LogP contribution in [0.3, 0.4) is 0 Å². The first-order valence-electron chi connectivity index (χ1n) is 7.89. The van der Waals surface area contributed by atoms with E-state index in [0.29, 0.717) is 13.2 Å². The van der Waals surface area contributed by atoms with Crippen LogP contribution < -0.4 is 0 Å². The molecule has 1 fully saturated rings. The molecular formula is C17H27NO3. The number of rotatable bonds is 7. The molecule has 0 spiro atoms. The van der Waals surface area contributed by atoms with Gasteiger partial charge in [0.2, 0.25) is 0 Å². The summed E-state index contributed by atoms with van der Waals surface area (Å²) in [5.41, 5.74) is 1.27. The second-order valence-electron chi connectivity index (χ2n) is 5.52. The fourth-order valence-corrected chi connectivity index (χ4v) is 3.12. The molecule has 21 heavy (non-hydrogen) atoms. The Bertz CT molecular complexity index is 404. The molecule has 1 saturated heterocycles. The molecule has 4 heteroatoms. The second kappa shape index (κ2) is 7.90. The maximum atomic E-state index is 9.76. The van der Waals surface area contributed by atoms with Gasteiger partial charge in [-0.3, -0.25) is 4.90 Å². The normalized spacial score (nSPS) is 22.3. The Morgan fingerprint density at radius 1 is 1.19 bits per heavy atom. The summed E-state index contributed by atoms with van der Waals surface area (Å²) < 4.78 is 11.8. The first-order valence-corrected chi connectivity index (χ1v) is 7.89. The molecule has 1 unspecified atom stereocenters. The molecule has 0 aromatic heterocycles.